The van der Waals surface area contributed by atoms with Crippen LogP contribution in [0.1, 0.15) is 46.8 Å². The summed E-state index contributed by atoms with van der Waals surface area (Å²) in [6.07, 6.45) is 4.30. The molecule has 1 aliphatic rings. The van der Waals surface area contributed by atoms with Crippen LogP contribution in [0.15, 0.2) is 22.8 Å². The standard InChI is InChI=1S/C13H15N3O3/c14-10-5-1-4-9-12(13(17)18)15-11(16(9)10)7-8-3-2-6-19-8/h2-3,6,10H,1,4-5,7,14H2,(H,17,18). The molecule has 0 spiro atoms. The molecular formula is C13H15N3O3. The maximum Gasteiger partial charge on any atom is 0.356 e. The Morgan fingerprint density at radius 1 is 1.63 bits per heavy atom. The Morgan fingerprint density at radius 2 is 2.47 bits per heavy atom. The molecule has 19 heavy (non-hydrogen) atoms. The average molecular weight is 261 g/mol. The number of carboxylic acid groups (broad SMARTS) is 1. The fraction of sp³-hybridized carbons (Fsp3) is 0.385. The van der Waals surface area contributed by atoms with Gasteiger partial charge < -0.3 is 19.8 Å². The van der Waals surface area contributed by atoms with Gasteiger partial charge in [0.05, 0.1) is 24.5 Å². The van der Waals surface area contributed by atoms with Gasteiger partial charge in [0.25, 0.3) is 0 Å². The molecule has 2 aromatic heterocycles. The molecule has 3 heterocycles. The van der Waals surface area contributed by atoms with E-state index in [1.807, 2.05) is 10.6 Å². The maximum absolute atomic E-state index is 11.3. The summed E-state index contributed by atoms with van der Waals surface area (Å²) in [5, 5.41) is 9.23. The van der Waals surface area contributed by atoms with Gasteiger partial charge in [-0.25, -0.2) is 9.78 Å². The molecule has 6 heteroatoms. The Morgan fingerprint density at radius 3 is 3.16 bits per heavy atom. The number of hydrogen-bond donors (Lipinski definition) is 2. The highest BCUT2D eigenvalue weighted by Gasteiger charge is 2.27. The van der Waals surface area contributed by atoms with Crippen LogP contribution in [0.4, 0.5) is 0 Å². The van der Waals surface area contributed by atoms with Crippen molar-refractivity contribution in [2.45, 2.75) is 31.8 Å². The van der Waals surface area contributed by atoms with Gasteiger partial charge in [0.1, 0.15) is 11.6 Å². The minimum atomic E-state index is -0.997. The van der Waals surface area contributed by atoms with Crippen LogP contribution in [0, 0.1) is 0 Å². The summed E-state index contributed by atoms with van der Waals surface area (Å²) in [6, 6.07) is 3.64. The van der Waals surface area contributed by atoms with Gasteiger partial charge in [-0.1, -0.05) is 0 Å². The Balaban J connectivity index is 2.06. The third kappa shape index (κ3) is 2.04. The molecule has 1 aliphatic heterocycles. The number of aromatic carboxylic acids is 1. The van der Waals surface area contributed by atoms with E-state index in [9.17, 15) is 9.90 Å². The summed E-state index contributed by atoms with van der Waals surface area (Å²) in [5.74, 6) is 0.417. The first-order chi connectivity index (χ1) is 9.16. The van der Waals surface area contributed by atoms with Gasteiger partial charge in [-0.3, -0.25) is 0 Å². The Labute approximate surface area is 109 Å². The van der Waals surface area contributed by atoms with E-state index in [0.717, 1.165) is 24.3 Å². The van der Waals surface area contributed by atoms with Crippen LogP contribution in [-0.2, 0) is 12.8 Å². The minimum Gasteiger partial charge on any atom is -0.476 e. The fourth-order valence-corrected chi connectivity index (χ4v) is 2.62. The van der Waals surface area contributed by atoms with Crippen LogP contribution in [0.5, 0.6) is 0 Å². The number of rotatable bonds is 3. The Bertz CT molecular complexity index is 601. The van der Waals surface area contributed by atoms with Crippen molar-refractivity contribution in [2.75, 3.05) is 0 Å². The Hall–Kier alpha value is -2.08. The Kier molecular flexibility index (Phi) is 2.87. The van der Waals surface area contributed by atoms with Crippen molar-refractivity contribution >= 4 is 5.97 Å². The third-order valence-electron chi connectivity index (χ3n) is 3.44. The molecule has 1 unspecified atom stereocenters. The second-order valence-corrected chi connectivity index (χ2v) is 4.71. The molecule has 100 valence electrons. The molecule has 0 saturated carbocycles. The smallest absolute Gasteiger partial charge is 0.356 e. The minimum absolute atomic E-state index is 0.122. The van der Waals surface area contributed by atoms with E-state index in [0.29, 0.717) is 18.7 Å². The number of carbonyl (C=O) groups is 1. The van der Waals surface area contributed by atoms with Crippen molar-refractivity contribution in [1.82, 2.24) is 9.55 Å². The number of fused-ring (bicyclic) bond motifs is 1. The predicted molar refractivity (Wildman–Crippen MR) is 66.9 cm³/mol. The van der Waals surface area contributed by atoms with Crippen molar-refractivity contribution < 1.29 is 14.3 Å². The van der Waals surface area contributed by atoms with Crippen LogP contribution in [0.2, 0.25) is 0 Å². The number of hydrogen-bond acceptors (Lipinski definition) is 4. The lowest BCUT2D eigenvalue weighted by molar-refractivity contribution is 0.0689. The molecule has 1 atom stereocenters. The lowest BCUT2D eigenvalue weighted by Crippen LogP contribution is -2.27. The number of furan rings is 1. The molecule has 0 bridgehead atoms. The SMILES string of the molecule is NC1CCCc2c(C(=O)O)nc(Cc3ccco3)n21. The summed E-state index contributed by atoms with van der Waals surface area (Å²) in [4.78, 5) is 15.5. The summed E-state index contributed by atoms with van der Waals surface area (Å²) in [7, 11) is 0. The number of imidazole rings is 1. The second kappa shape index (κ2) is 4.55. The molecule has 0 radical (unpaired) electrons. The summed E-state index contributed by atoms with van der Waals surface area (Å²) < 4.78 is 7.15. The van der Waals surface area contributed by atoms with E-state index < -0.39 is 5.97 Å². The van der Waals surface area contributed by atoms with Gasteiger partial charge >= 0.3 is 5.97 Å². The summed E-state index contributed by atoms with van der Waals surface area (Å²) in [5.41, 5.74) is 6.94. The number of carboxylic acids is 1. The van der Waals surface area contributed by atoms with Crippen molar-refractivity contribution in [3.63, 3.8) is 0 Å². The lowest BCUT2D eigenvalue weighted by Gasteiger charge is -2.23. The molecule has 6 nitrogen and oxygen atoms in total. The fourth-order valence-electron chi connectivity index (χ4n) is 2.62. The molecule has 0 aliphatic carbocycles. The molecular weight excluding hydrogens is 246 g/mol. The van der Waals surface area contributed by atoms with Crippen molar-refractivity contribution in [2.24, 2.45) is 5.73 Å². The highest BCUT2D eigenvalue weighted by Crippen LogP contribution is 2.27. The van der Waals surface area contributed by atoms with Gasteiger partial charge in [0.15, 0.2) is 5.69 Å². The van der Waals surface area contributed by atoms with E-state index in [-0.39, 0.29) is 11.9 Å². The normalized spacial score (nSPS) is 18.3. The first-order valence-electron chi connectivity index (χ1n) is 6.28. The number of nitrogens with two attached hydrogens (primary N) is 1. The second-order valence-electron chi connectivity index (χ2n) is 4.71. The molecule has 0 aromatic carbocycles. The molecule has 3 rings (SSSR count). The van der Waals surface area contributed by atoms with Crippen molar-refractivity contribution in [1.29, 1.82) is 0 Å². The molecule has 2 aromatic rings. The summed E-state index contributed by atoms with van der Waals surface area (Å²) >= 11 is 0. The maximum atomic E-state index is 11.3. The third-order valence-corrected chi connectivity index (χ3v) is 3.44. The van der Waals surface area contributed by atoms with Crippen LogP contribution < -0.4 is 5.73 Å². The topological polar surface area (TPSA) is 94.3 Å². The first kappa shape index (κ1) is 12.0. The monoisotopic (exact) mass is 261 g/mol. The van der Waals surface area contributed by atoms with E-state index in [4.69, 9.17) is 10.2 Å². The molecule has 0 fully saturated rings. The van der Waals surface area contributed by atoms with E-state index in [2.05, 4.69) is 4.98 Å². The van der Waals surface area contributed by atoms with Crippen LogP contribution in [0.3, 0.4) is 0 Å². The zero-order chi connectivity index (χ0) is 13.4. The molecule has 3 N–H and O–H groups in total. The number of nitrogens with zero attached hydrogens (tertiary/aromatic N) is 2. The van der Waals surface area contributed by atoms with Crippen LogP contribution >= 0.6 is 0 Å². The van der Waals surface area contributed by atoms with Gasteiger partial charge in [-0.15, -0.1) is 0 Å². The van der Waals surface area contributed by atoms with Gasteiger partial charge in [-0.2, -0.15) is 0 Å². The van der Waals surface area contributed by atoms with Crippen molar-refractivity contribution in [3.8, 4) is 0 Å². The van der Waals surface area contributed by atoms with Crippen LogP contribution in [0.25, 0.3) is 0 Å². The predicted octanol–water partition coefficient (Wildman–Crippen LogP) is 1.56. The van der Waals surface area contributed by atoms with Crippen molar-refractivity contribution in [3.05, 3.63) is 41.4 Å². The summed E-state index contributed by atoms with van der Waals surface area (Å²) in [6.45, 7) is 0. The largest absolute Gasteiger partial charge is 0.476 e. The van der Waals surface area contributed by atoms with E-state index in [1.165, 1.54) is 0 Å². The van der Waals surface area contributed by atoms with E-state index >= 15 is 0 Å². The zero-order valence-electron chi connectivity index (χ0n) is 10.4. The number of aromatic nitrogens is 2. The zero-order valence-corrected chi connectivity index (χ0v) is 10.4. The van der Waals surface area contributed by atoms with Gasteiger partial charge in [-0.05, 0) is 31.4 Å². The van der Waals surface area contributed by atoms with Crippen LogP contribution in [-0.4, -0.2) is 20.6 Å². The molecule has 0 saturated heterocycles. The van der Waals surface area contributed by atoms with Gasteiger partial charge in [0.2, 0.25) is 0 Å². The molecule has 0 amide bonds. The van der Waals surface area contributed by atoms with Gasteiger partial charge in [0, 0.05) is 0 Å². The highest BCUT2D eigenvalue weighted by molar-refractivity contribution is 5.87. The lowest BCUT2D eigenvalue weighted by atomic mass is 10.1. The average Bonchev–Trinajstić information content (AvgIpc) is 2.98. The quantitative estimate of drug-likeness (QED) is 0.874. The highest BCUT2D eigenvalue weighted by atomic mass is 16.4. The van der Waals surface area contributed by atoms with E-state index in [1.54, 1.807) is 12.3 Å². The first-order valence-corrected chi connectivity index (χ1v) is 6.28.